The SMILES string of the molecule is CCOc1cccc(NC(=S)NCc2nc(-c3ccccc3Cl)no2)c1. The smallest absolute Gasteiger partial charge is 0.246 e. The fourth-order valence-electron chi connectivity index (χ4n) is 2.24. The standard InChI is InChI=1S/C18H17ClN4O2S/c1-2-24-13-7-5-6-12(10-13)21-18(26)20-11-16-22-17(23-25-16)14-8-3-4-9-15(14)19/h3-10H,2,11H2,1H3,(H2,20,21,26). The maximum absolute atomic E-state index is 6.14. The van der Waals surface area contributed by atoms with Crippen molar-refractivity contribution in [1.82, 2.24) is 15.5 Å². The van der Waals surface area contributed by atoms with Crippen LogP contribution in [0.4, 0.5) is 5.69 Å². The molecule has 3 rings (SSSR count). The van der Waals surface area contributed by atoms with Gasteiger partial charge < -0.3 is 19.9 Å². The van der Waals surface area contributed by atoms with Gasteiger partial charge in [0.05, 0.1) is 18.2 Å². The van der Waals surface area contributed by atoms with Crippen molar-refractivity contribution in [3.63, 3.8) is 0 Å². The van der Waals surface area contributed by atoms with E-state index in [1.165, 1.54) is 0 Å². The number of ether oxygens (including phenoxy) is 1. The quantitative estimate of drug-likeness (QED) is 0.610. The summed E-state index contributed by atoms with van der Waals surface area (Å²) in [7, 11) is 0. The molecule has 0 unspecified atom stereocenters. The lowest BCUT2D eigenvalue weighted by Crippen LogP contribution is -2.28. The number of hydrogen-bond acceptors (Lipinski definition) is 5. The maximum Gasteiger partial charge on any atom is 0.246 e. The number of nitrogens with zero attached hydrogens (tertiary/aromatic N) is 2. The Kier molecular flexibility index (Phi) is 6.04. The van der Waals surface area contributed by atoms with Crippen LogP contribution in [0.2, 0.25) is 5.02 Å². The Hall–Kier alpha value is -2.64. The lowest BCUT2D eigenvalue weighted by molar-refractivity contribution is 0.340. The molecule has 1 heterocycles. The minimum absolute atomic E-state index is 0.300. The van der Waals surface area contributed by atoms with Crippen LogP contribution in [-0.2, 0) is 6.54 Å². The Labute approximate surface area is 161 Å². The minimum Gasteiger partial charge on any atom is -0.494 e. The molecule has 0 atom stereocenters. The van der Waals surface area contributed by atoms with Crippen molar-refractivity contribution in [3.05, 3.63) is 59.4 Å². The van der Waals surface area contributed by atoms with Crippen LogP contribution >= 0.6 is 23.8 Å². The highest BCUT2D eigenvalue weighted by Crippen LogP contribution is 2.24. The highest BCUT2D eigenvalue weighted by atomic mass is 35.5. The zero-order valence-corrected chi connectivity index (χ0v) is 15.6. The first kappa shape index (κ1) is 18.2. The average Bonchev–Trinajstić information content (AvgIpc) is 3.10. The number of rotatable bonds is 6. The van der Waals surface area contributed by atoms with Gasteiger partial charge in [0, 0.05) is 17.3 Å². The van der Waals surface area contributed by atoms with E-state index >= 15 is 0 Å². The van der Waals surface area contributed by atoms with Crippen molar-refractivity contribution in [2.24, 2.45) is 0 Å². The second kappa shape index (κ2) is 8.64. The summed E-state index contributed by atoms with van der Waals surface area (Å²) in [5.74, 6) is 1.63. The number of hydrogen-bond donors (Lipinski definition) is 2. The molecule has 0 aliphatic rings. The number of aromatic nitrogens is 2. The molecule has 0 amide bonds. The van der Waals surface area contributed by atoms with Gasteiger partial charge in [-0.25, -0.2) is 0 Å². The molecule has 2 N–H and O–H groups in total. The third-order valence-corrected chi connectivity index (χ3v) is 3.96. The summed E-state index contributed by atoms with van der Waals surface area (Å²) in [4.78, 5) is 4.33. The monoisotopic (exact) mass is 388 g/mol. The fourth-order valence-corrected chi connectivity index (χ4v) is 2.65. The van der Waals surface area contributed by atoms with E-state index in [1.54, 1.807) is 6.07 Å². The largest absolute Gasteiger partial charge is 0.494 e. The molecule has 0 saturated carbocycles. The van der Waals surface area contributed by atoms with Gasteiger partial charge in [0.2, 0.25) is 11.7 Å². The van der Waals surface area contributed by atoms with Crippen LogP contribution in [0.25, 0.3) is 11.4 Å². The fraction of sp³-hybridized carbons (Fsp3) is 0.167. The molecule has 0 aliphatic heterocycles. The van der Waals surface area contributed by atoms with Crippen LogP contribution in [-0.4, -0.2) is 21.9 Å². The van der Waals surface area contributed by atoms with Gasteiger partial charge in [-0.1, -0.05) is 35.0 Å². The molecule has 134 valence electrons. The summed E-state index contributed by atoms with van der Waals surface area (Å²) >= 11 is 11.4. The molecular weight excluding hydrogens is 372 g/mol. The van der Waals surface area contributed by atoms with Crippen LogP contribution < -0.4 is 15.4 Å². The predicted molar refractivity (Wildman–Crippen MR) is 105 cm³/mol. The molecule has 3 aromatic rings. The molecule has 8 heteroatoms. The number of anilines is 1. The van der Waals surface area contributed by atoms with E-state index in [-0.39, 0.29) is 0 Å². The van der Waals surface area contributed by atoms with Gasteiger partial charge in [0.25, 0.3) is 0 Å². The number of benzene rings is 2. The third kappa shape index (κ3) is 4.71. The summed E-state index contributed by atoms with van der Waals surface area (Å²) < 4.78 is 10.7. The molecule has 0 bridgehead atoms. The van der Waals surface area contributed by atoms with E-state index in [0.717, 1.165) is 17.0 Å². The molecule has 0 spiro atoms. The summed E-state index contributed by atoms with van der Waals surface area (Å²) in [5, 5.41) is 11.1. The zero-order chi connectivity index (χ0) is 18.4. The van der Waals surface area contributed by atoms with E-state index in [2.05, 4.69) is 20.8 Å². The Morgan fingerprint density at radius 2 is 2.08 bits per heavy atom. The Bertz CT molecular complexity index is 900. The summed E-state index contributed by atoms with van der Waals surface area (Å²) in [6, 6.07) is 14.9. The van der Waals surface area contributed by atoms with E-state index < -0.39 is 0 Å². The van der Waals surface area contributed by atoms with E-state index in [4.69, 9.17) is 33.1 Å². The Balaban J connectivity index is 1.57. The predicted octanol–water partition coefficient (Wildman–Crippen LogP) is 4.28. The Morgan fingerprint density at radius 1 is 1.23 bits per heavy atom. The summed E-state index contributed by atoms with van der Waals surface area (Å²) in [5.41, 5.74) is 1.55. The van der Waals surface area contributed by atoms with Gasteiger partial charge in [-0.15, -0.1) is 0 Å². The third-order valence-electron chi connectivity index (χ3n) is 3.39. The van der Waals surface area contributed by atoms with E-state index in [9.17, 15) is 0 Å². The molecular formula is C18H17ClN4O2S. The Morgan fingerprint density at radius 3 is 2.88 bits per heavy atom. The maximum atomic E-state index is 6.14. The van der Waals surface area contributed by atoms with Crippen molar-refractivity contribution >= 4 is 34.6 Å². The second-order valence-electron chi connectivity index (χ2n) is 5.26. The molecule has 0 radical (unpaired) electrons. The first-order chi connectivity index (χ1) is 12.7. The molecule has 0 aliphatic carbocycles. The van der Waals surface area contributed by atoms with Crippen LogP contribution in [0.3, 0.4) is 0 Å². The lowest BCUT2D eigenvalue weighted by atomic mass is 10.2. The highest BCUT2D eigenvalue weighted by molar-refractivity contribution is 7.80. The lowest BCUT2D eigenvalue weighted by Gasteiger charge is -2.10. The van der Waals surface area contributed by atoms with Gasteiger partial charge in [0.1, 0.15) is 5.75 Å². The average molecular weight is 389 g/mol. The van der Waals surface area contributed by atoms with Gasteiger partial charge >= 0.3 is 0 Å². The molecule has 26 heavy (non-hydrogen) atoms. The first-order valence-corrected chi connectivity index (χ1v) is 8.79. The van der Waals surface area contributed by atoms with Crippen LogP contribution in [0.15, 0.2) is 53.1 Å². The van der Waals surface area contributed by atoms with Crippen molar-refractivity contribution in [1.29, 1.82) is 0 Å². The second-order valence-corrected chi connectivity index (χ2v) is 6.08. The van der Waals surface area contributed by atoms with E-state index in [0.29, 0.717) is 35.0 Å². The number of nitrogens with one attached hydrogen (secondary N) is 2. The topological polar surface area (TPSA) is 72.2 Å². The summed E-state index contributed by atoms with van der Waals surface area (Å²) in [6.45, 7) is 2.85. The molecule has 0 saturated heterocycles. The van der Waals surface area contributed by atoms with Crippen molar-refractivity contribution in [2.75, 3.05) is 11.9 Å². The molecule has 2 aromatic carbocycles. The van der Waals surface area contributed by atoms with Crippen molar-refractivity contribution in [2.45, 2.75) is 13.5 Å². The minimum atomic E-state index is 0.300. The first-order valence-electron chi connectivity index (χ1n) is 8.01. The van der Waals surface area contributed by atoms with Gasteiger partial charge in [-0.2, -0.15) is 4.98 Å². The zero-order valence-electron chi connectivity index (χ0n) is 14.0. The summed E-state index contributed by atoms with van der Waals surface area (Å²) in [6.07, 6.45) is 0. The molecule has 6 nitrogen and oxygen atoms in total. The highest BCUT2D eigenvalue weighted by Gasteiger charge is 2.11. The normalized spacial score (nSPS) is 10.4. The van der Waals surface area contributed by atoms with E-state index in [1.807, 2.05) is 49.4 Å². The van der Waals surface area contributed by atoms with Crippen LogP contribution in [0, 0.1) is 0 Å². The van der Waals surface area contributed by atoms with Crippen LogP contribution in [0.5, 0.6) is 5.75 Å². The molecule has 0 fully saturated rings. The van der Waals surface area contributed by atoms with Gasteiger partial charge in [-0.05, 0) is 43.4 Å². The van der Waals surface area contributed by atoms with Gasteiger partial charge in [0.15, 0.2) is 5.11 Å². The number of halogens is 1. The number of thiocarbonyl (C=S) groups is 1. The van der Waals surface area contributed by atoms with Gasteiger partial charge in [-0.3, -0.25) is 0 Å². The van der Waals surface area contributed by atoms with Crippen molar-refractivity contribution < 1.29 is 9.26 Å². The van der Waals surface area contributed by atoms with Crippen molar-refractivity contribution in [3.8, 4) is 17.1 Å². The van der Waals surface area contributed by atoms with Crippen LogP contribution in [0.1, 0.15) is 12.8 Å². The molecule has 1 aromatic heterocycles.